The summed E-state index contributed by atoms with van der Waals surface area (Å²) in [4.78, 5) is 3.24. The highest BCUT2D eigenvalue weighted by atomic mass is 32.1. The molecule has 1 heterocycles. The van der Waals surface area contributed by atoms with E-state index in [-0.39, 0.29) is 0 Å². The summed E-state index contributed by atoms with van der Waals surface area (Å²) >= 11 is 5.36. The molecule has 1 fully saturated rings. The third-order valence-electron chi connectivity index (χ3n) is 3.44. The number of nitrogens with one attached hydrogen (secondary N) is 1. The van der Waals surface area contributed by atoms with Crippen molar-refractivity contribution in [1.82, 2.24) is 9.55 Å². The van der Waals surface area contributed by atoms with Crippen molar-refractivity contribution in [2.75, 3.05) is 13.2 Å². The van der Waals surface area contributed by atoms with E-state index >= 15 is 0 Å². The van der Waals surface area contributed by atoms with Gasteiger partial charge in [0, 0.05) is 13.2 Å². The van der Waals surface area contributed by atoms with Gasteiger partial charge in [0.1, 0.15) is 0 Å². The number of hydrogen-bond donors (Lipinski definition) is 1. The van der Waals surface area contributed by atoms with Crippen molar-refractivity contribution in [1.29, 1.82) is 0 Å². The van der Waals surface area contributed by atoms with Crippen LogP contribution in [-0.4, -0.2) is 22.8 Å². The summed E-state index contributed by atoms with van der Waals surface area (Å²) in [5, 5.41) is 0. The van der Waals surface area contributed by atoms with Gasteiger partial charge in [-0.05, 0) is 55.6 Å². The summed E-state index contributed by atoms with van der Waals surface area (Å²) < 4.78 is 8.60. The molecule has 2 aromatic rings. The minimum atomic E-state index is 0.742. The summed E-state index contributed by atoms with van der Waals surface area (Å²) in [6.45, 7) is 4.58. The van der Waals surface area contributed by atoms with E-state index < -0.39 is 0 Å². The number of aryl methyl sites for hydroxylation is 1. The summed E-state index contributed by atoms with van der Waals surface area (Å²) in [6, 6.07) is 6.35. The van der Waals surface area contributed by atoms with Crippen molar-refractivity contribution < 1.29 is 4.74 Å². The molecular formula is C14H18N2OS. The number of benzene rings is 1. The molecule has 1 aliphatic carbocycles. The number of imidazole rings is 1. The third kappa shape index (κ3) is 2.49. The lowest BCUT2D eigenvalue weighted by molar-refractivity contribution is 0.117. The zero-order chi connectivity index (χ0) is 12.5. The van der Waals surface area contributed by atoms with E-state index in [1.54, 1.807) is 0 Å². The SMILES string of the molecule is Cc1ccc2[nH]c(=S)n(CCOCC3CC3)c2c1. The maximum absolute atomic E-state index is 5.68. The molecule has 0 atom stereocenters. The first kappa shape index (κ1) is 11.9. The van der Waals surface area contributed by atoms with E-state index in [0.29, 0.717) is 0 Å². The predicted octanol–water partition coefficient (Wildman–Crippen LogP) is 3.43. The molecule has 0 radical (unpaired) electrons. The maximum atomic E-state index is 5.68. The largest absolute Gasteiger partial charge is 0.379 e. The number of aromatic nitrogens is 2. The summed E-state index contributed by atoms with van der Waals surface area (Å²) in [5.74, 6) is 0.822. The van der Waals surface area contributed by atoms with Crippen LogP contribution in [0.5, 0.6) is 0 Å². The van der Waals surface area contributed by atoms with Gasteiger partial charge in [-0.2, -0.15) is 0 Å². The van der Waals surface area contributed by atoms with Crippen LogP contribution >= 0.6 is 12.2 Å². The smallest absolute Gasteiger partial charge is 0.178 e. The number of aromatic amines is 1. The molecule has 96 valence electrons. The Bertz CT molecular complexity index is 610. The second kappa shape index (κ2) is 4.86. The summed E-state index contributed by atoms with van der Waals surface area (Å²) in [6.07, 6.45) is 2.68. The fourth-order valence-electron chi connectivity index (χ4n) is 2.18. The average Bonchev–Trinajstić information content (AvgIpc) is 3.11. The average molecular weight is 262 g/mol. The van der Waals surface area contributed by atoms with E-state index in [4.69, 9.17) is 17.0 Å². The Morgan fingerprint density at radius 1 is 1.44 bits per heavy atom. The Kier molecular flexibility index (Phi) is 3.22. The first-order valence-corrected chi connectivity index (χ1v) is 6.92. The molecule has 0 spiro atoms. The molecular weight excluding hydrogens is 244 g/mol. The molecule has 1 aromatic carbocycles. The lowest BCUT2D eigenvalue weighted by atomic mass is 10.2. The molecule has 3 rings (SSSR count). The van der Waals surface area contributed by atoms with Gasteiger partial charge in [-0.25, -0.2) is 0 Å². The van der Waals surface area contributed by atoms with Crippen molar-refractivity contribution in [2.24, 2.45) is 5.92 Å². The highest BCUT2D eigenvalue weighted by Gasteiger charge is 2.20. The van der Waals surface area contributed by atoms with Crippen LogP contribution in [-0.2, 0) is 11.3 Å². The molecule has 1 N–H and O–H groups in total. The van der Waals surface area contributed by atoms with E-state index in [0.717, 1.165) is 36.0 Å². The van der Waals surface area contributed by atoms with Crippen molar-refractivity contribution in [3.63, 3.8) is 0 Å². The Hall–Kier alpha value is -1.13. The first-order chi connectivity index (χ1) is 8.74. The highest BCUT2D eigenvalue weighted by Crippen LogP contribution is 2.28. The Balaban J connectivity index is 1.74. The van der Waals surface area contributed by atoms with Gasteiger partial charge in [0.25, 0.3) is 0 Å². The van der Waals surface area contributed by atoms with Gasteiger partial charge in [-0.1, -0.05) is 6.07 Å². The Labute approximate surface area is 112 Å². The predicted molar refractivity (Wildman–Crippen MR) is 75.4 cm³/mol. The number of nitrogens with zero attached hydrogens (tertiary/aromatic N) is 1. The second-order valence-electron chi connectivity index (χ2n) is 5.12. The second-order valence-corrected chi connectivity index (χ2v) is 5.51. The molecule has 18 heavy (non-hydrogen) atoms. The summed E-state index contributed by atoms with van der Waals surface area (Å²) in [7, 11) is 0. The number of fused-ring (bicyclic) bond motifs is 1. The van der Waals surface area contributed by atoms with Crippen molar-refractivity contribution >= 4 is 23.3 Å². The Morgan fingerprint density at radius 2 is 2.28 bits per heavy atom. The molecule has 0 saturated heterocycles. The monoisotopic (exact) mass is 262 g/mol. The lowest BCUT2D eigenvalue weighted by Gasteiger charge is -2.06. The number of ether oxygens (including phenoxy) is 1. The fraction of sp³-hybridized carbons (Fsp3) is 0.500. The van der Waals surface area contributed by atoms with Crippen LogP contribution in [0.4, 0.5) is 0 Å². The quantitative estimate of drug-likeness (QED) is 0.661. The van der Waals surface area contributed by atoms with E-state index in [2.05, 4.69) is 34.7 Å². The lowest BCUT2D eigenvalue weighted by Crippen LogP contribution is -2.07. The zero-order valence-electron chi connectivity index (χ0n) is 10.6. The van der Waals surface area contributed by atoms with Crippen molar-refractivity contribution in [3.05, 3.63) is 28.5 Å². The third-order valence-corrected chi connectivity index (χ3v) is 3.76. The van der Waals surface area contributed by atoms with Crippen molar-refractivity contribution in [3.8, 4) is 0 Å². The molecule has 1 aliphatic rings. The zero-order valence-corrected chi connectivity index (χ0v) is 11.4. The Morgan fingerprint density at radius 3 is 3.06 bits per heavy atom. The first-order valence-electron chi connectivity index (χ1n) is 6.51. The normalized spacial score (nSPS) is 15.4. The topological polar surface area (TPSA) is 29.9 Å². The van der Waals surface area contributed by atoms with Gasteiger partial charge in [0.15, 0.2) is 4.77 Å². The van der Waals surface area contributed by atoms with E-state index in [1.807, 2.05) is 0 Å². The fourth-order valence-corrected chi connectivity index (χ4v) is 2.47. The minimum absolute atomic E-state index is 0.742. The number of hydrogen-bond acceptors (Lipinski definition) is 2. The summed E-state index contributed by atoms with van der Waals surface area (Å²) in [5.41, 5.74) is 3.53. The van der Waals surface area contributed by atoms with E-state index in [1.165, 1.54) is 23.9 Å². The van der Waals surface area contributed by atoms with Gasteiger partial charge in [0.2, 0.25) is 0 Å². The molecule has 4 heteroatoms. The van der Waals surface area contributed by atoms with E-state index in [9.17, 15) is 0 Å². The molecule has 0 unspecified atom stereocenters. The number of H-pyrrole nitrogens is 1. The van der Waals surface area contributed by atoms with Gasteiger partial charge < -0.3 is 14.3 Å². The van der Waals surface area contributed by atoms with Gasteiger partial charge in [-0.3, -0.25) is 0 Å². The van der Waals surface area contributed by atoms with Crippen LogP contribution < -0.4 is 0 Å². The maximum Gasteiger partial charge on any atom is 0.178 e. The van der Waals surface area contributed by atoms with Gasteiger partial charge >= 0.3 is 0 Å². The van der Waals surface area contributed by atoms with Crippen LogP contribution in [0, 0.1) is 17.6 Å². The van der Waals surface area contributed by atoms with Gasteiger partial charge in [0.05, 0.1) is 17.6 Å². The van der Waals surface area contributed by atoms with Crippen LogP contribution in [0.3, 0.4) is 0 Å². The molecule has 3 nitrogen and oxygen atoms in total. The highest BCUT2D eigenvalue weighted by molar-refractivity contribution is 7.71. The van der Waals surface area contributed by atoms with Crippen LogP contribution in [0.25, 0.3) is 11.0 Å². The van der Waals surface area contributed by atoms with Crippen LogP contribution in [0.15, 0.2) is 18.2 Å². The molecule has 1 saturated carbocycles. The van der Waals surface area contributed by atoms with Crippen molar-refractivity contribution in [2.45, 2.75) is 26.3 Å². The molecule has 0 aliphatic heterocycles. The van der Waals surface area contributed by atoms with Crippen LogP contribution in [0.1, 0.15) is 18.4 Å². The number of rotatable bonds is 5. The van der Waals surface area contributed by atoms with Crippen LogP contribution in [0.2, 0.25) is 0 Å². The van der Waals surface area contributed by atoms with Gasteiger partial charge in [-0.15, -0.1) is 0 Å². The molecule has 0 bridgehead atoms. The molecule has 1 aromatic heterocycles. The minimum Gasteiger partial charge on any atom is -0.379 e. The molecule has 0 amide bonds. The standard InChI is InChI=1S/C14H18N2OS/c1-10-2-5-12-13(8-10)16(14(18)15-12)6-7-17-9-11-3-4-11/h2,5,8,11H,3-4,6-7,9H2,1H3,(H,15,18).